The molecule has 1 atom stereocenters. The van der Waals surface area contributed by atoms with Crippen LogP contribution in [0.25, 0.3) is 16.6 Å². The third-order valence-corrected chi connectivity index (χ3v) is 6.21. The van der Waals surface area contributed by atoms with Crippen LogP contribution in [0.1, 0.15) is 0 Å². The Hall–Kier alpha value is -3.32. The fourth-order valence-electron chi connectivity index (χ4n) is 3.06. The summed E-state index contributed by atoms with van der Waals surface area (Å²) in [5, 5.41) is 10.4. The molecule has 0 amide bonds. The van der Waals surface area contributed by atoms with Gasteiger partial charge < -0.3 is 9.29 Å². The lowest BCUT2D eigenvalue weighted by atomic mass is 10.2. The van der Waals surface area contributed by atoms with Gasteiger partial charge in [-0.1, -0.05) is 0 Å². The smallest absolute Gasteiger partial charge is 0.255 e. The van der Waals surface area contributed by atoms with Gasteiger partial charge in [-0.15, -0.1) is 0 Å². The Morgan fingerprint density at radius 3 is 2.12 bits per heavy atom. The first-order valence-electron chi connectivity index (χ1n) is 8.97. The molecule has 176 valence electrons. The van der Waals surface area contributed by atoms with Crippen LogP contribution < -0.4 is 9.74 Å². The van der Waals surface area contributed by atoms with Crippen LogP contribution in [0.4, 0.5) is 26.3 Å². The van der Waals surface area contributed by atoms with E-state index in [1.54, 1.807) is 0 Å². The molecule has 0 spiro atoms. The van der Waals surface area contributed by atoms with E-state index in [0.717, 1.165) is 34.9 Å². The van der Waals surface area contributed by atoms with Gasteiger partial charge in [-0.25, -0.2) is 21.8 Å². The normalized spacial score (nSPS) is 12.2. The van der Waals surface area contributed by atoms with Gasteiger partial charge in [0.05, 0.1) is 20.6 Å². The third-order valence-electron chi connectivity index (χ3n) is 4.65. The first kappa shape index (κ1) is 23.8. The van der Waals surface area contributed by atoms with Gasteiger partial charge in [0.2, 0.25) is 45.9 Å². The molecule has 0 aliphatic heterocycles. The Balaban J connectivity index is 1.80. The second-order valence-electron chi connectivity index (χ2n) is 6.70. The van der Waals surface area contributed by atoms with Gasteiger partial charge in [0, 0.05) is 17.5 Å². The van der Waals surface area contributed by atoms with E-state index >= 15 is 0 Å². The Morgan fingerprint density at radius 2 is 1.47 bits per heavy atom. The Morgan fingerprint density at radius 1 is 0.853 bits per heavy atom. The lowest BCUT2D eigenvalue weighted by Gasteiger charge is -2.13. The molecule has 0 aliphatic rings. The number of benzene rings is 3. The quantitative estimate of drug-likeness (QED) is 0.205. The van der Waals surface area contributed by atoms with E-state index < -0.39 is 63.0 Å². The van der Waals surface area contributed by atoms with Gasteiger partial charge in [0.15, 0.2) is 0 Å². The molecule has 5 nitrogen and oxygen atoms in total. The fraction of sp³-hybridized carbons (Fsp3) is 0. The zero-order chi connectivity index (χ0) is 24.9. The fourth-order valence-corrected chi connectivity index (χ4v) is 4.19. The molecule has 0 radical (unpaired) electrons. The van der Waals surface area contributed by atoms with Crippen LogP contribution in [0.5, 0.6) is 11.5 Å². The molecule has 0 bridgehead atoms. The standard InChI is InChI=1S/C21H8BrF6NO4S/c22-10-6-14(30)13(7-11(10)23)29-12-3-2-9(5-8(12)1-4-15(29)31)34(32)33-21-19(27)17(25)16(24)18(26)20(21)28/h1-7,30H. The Kier molecular flexibility index (Phi) is 6.16. The van der Waals surface area contributed by atoms with Gasteiger partial charge in [-0.05, 0) is 46.3 Å². The number of nitrogens with zero attached hydrogens (tertiary/aromatic N) is 1. The highest BCUT2D eigenvalue weighted by atomic mass is 79.9. The molecule has 13 heteroatoms. The molecule has 34 heavy (non-hydrogen) atoms. The average Bonchev–Trinajstić information content (AvgIpc) is 2.81. The lowest BCUT2D eigenvalue weighted by Crippen LogP contribution is -2.18. The van der Waals surface area contributed by atoms with Gasteiger partial charge in [0.1, 0.15) is 11.6 Å². The first-order valence-corrected chi connectivity index (χ1v) is 10.8. The number of aromatic hydroxyl groups is 1. The van der Waals surface area contributed by atoms with E-state index in [1.165, 1.54) is 12.1 Å². The van der Waals surface area contributed by atoms with Gasteiger partial charge in [-0.2, -0.15) is 8.78 Å². The minimum atomic E-state index is -2.74. The van der Waals surface area contributed by atoms with Crippen molar-refractivity contribution in [1.29, 1.82) is 0 Å². The van der Waals surface area contributed by atoms with Gasteiger partial charge >= 0.3 is 0 Å². The number of pyridine rings is 1. The summed E-state index contributed by atoms with van der Waals surface area (Å²) in [4.78, 5) is 12.2. The number of phenols is 1. The van der Waals surface area contributed by atoms with Crippen molar-refractivity contribution in [1.82, 2.24) is 4.57 Å². The van der Waals surface area contributed by atoms with Crippen LogP contribution in [-0.2, 0) is 11.1 Å². The largest absolute Gasteiger partial charge is 0.506 e. The minimum absolute atomic E-state index is 0.0509. The Labute approximate surface area is 196 Å². The van der Waals surface area contributed by atoms with Crippen LogP contribution in [0.3, 0.4) is 0 Å². The SMILES string of the molecule is O=c1ccc2cc(S(=O)Oc3c(F)c(F)c(F)c(F)c3F)ccc2n1-c1cc(F)c(Br)cc1O. The number of halogens is 7. The topological polar surface area (TPSA) is 68.5 Å². The average molecular weight is 564 g/mol. The number of hydrogen-bond donors (Lipinski definition) is 1. The van der Waals surface area contributed by atoms with Crippen LogP contribution in [0.15, 0.2) is 56.6 Å². The molecule has 0 saturated heterocycles. The summed E-state index contributed by atoms with van der Waals surface area (Å²) in [6.45, 7) is 0. The molecule has 0 fully saturated rings. The molecule has 1 N–H and O–H groups in total. The predicted molar refractivity (Wildman–Crippen MR) is 112 cm³/mol. The van der Waals surface area contributed by atoms with Crippen LogP contribution in [0.2, 0.25) is 0 Å². The van der Waals surface area contributed by atoms with Crippen molar-refractivity contribution in [2.45, 2.75) is 4.90 Å². The van der Waals surface area contributed by atoms with E-state index in [9.17, 15) is 40.5 Å². The molecule has 3 aromatic carbocycles. The summed E-state index contributed by atoms with van der Waals surface area (Å²) in [5.74, 6) is -14.5. The van der Waals surface area contributed by atoms with Gasteiger partial charge in [-0.3, -0.25) is 9.36 Å². The van der Waals surface area contributed by atoms with Crippen molar-refractivity contribution < 1.29 is 39.8 Å². The molecule has 1 aromatic heterocycles. The molecule has 4 rings (SSSR count). The van der Waals surface area contributed by atoms with Crippen molar-refractivity contribution >= 4 is 37.9 Å². The van der Waals surface area contributed by atoms with E-state index in [2.05, 4.69) is 20.1 Å². The molecular formula is C21H8BrF6NO4S. The summed E-state index contributed by atoms with van der Waals surface area (Å²) in [5.41, 5.74) is -0.750. The predicted octanol–water partition coefficient (Wildman–Crippen LogP) is 5.40. The van der Waals surface area contributed by atoms with Crippen LogP contribution in [-0.4, -0.2) is 13.9 Å². The van der Waals surface area contributed by atoms with E-state index in [4.69, 9.17) is 0 Å². The zero-order valence-corrected chi connectivity index (χ0v) is 18.6. The van der Waals surface area contributed by atoms with Gasteiger partial charge in [0.25, 0.3) is 5.56 Å². The monoisotopic (exact) mass is 563 g/mol. The van der Waals surface area contributed by atoms with E-state index in [0.29, 0.717) is 0 Å². The maximum Gasteiger partial charge on any atom is 0.255 e. The van der Waals surface area contributed by atoms with E-state index in [1.807, 2.05) is 0 Å². The number of rotatable bonds is 4. The highest BCUT2D eigenvalue weighted by Crippen LogP contribution is 2.32. The second-order valence-corrected chi connectivity index (χ2v) is 8.66. The minimum Gasteiger partial charge on any atom is -0.506 e. The van der Waals surface area contributed by atoms with Crippen molar-refractivity contribution in [2.75, 3.05) is 0 Å². The lowest BCUT2D eigenvalue weighted by molar-refractivity contribution is 0.352. The van der Waals surface area contributed by atoms with Crippen molar-refractivity contribution in [3.8, 4) is 17.2 Å². The molecule has 4 aromatic rings. The molecule has 1 heterocycles. The van der Waals surface area contributed by atoms with E-state index in [-0.39, 0.29) is 26.0 Å². The van der Waals surface area contributed by atoms with Crippen molar-refractivity contribution in [3.63, 3.8) is 0 Å². The molecule has 0 aliphatic carbocycles. The summed E-state index contributed by atoms with van der Waals surface area (Å²) in [6.07, 6.45) is 0. The number of hydrogen-bond acceptors (Lipinski definition) is 4. The van der Waals surface area contributed by atoms with Crippen LogP contribution >= 0.6 is 15.9 Å². The van der Waals surface area contributed by atoms with Crippen molar-refractivity contribution in [3.05, 3.63) is 92.2 Å². The Bertz CT molecular complexity index is 1550. The van der Waals surface area contributed by atoms with Crippen molar-refractivity contribution in [2.24, 2.45) is 0 Å². The first-order chi connectivity index (χ1) is 16.0. The maximum absolute atomic E-state index is 14.0. The number of aromatic nitrogens is 1. The summed E-state index contributed by atoms with van der Waals surface area (Å²) < 4.78 is 99.6. The summed E-state index contributed by atoms with van der Waals surface area (Å²) in [6, 6.07) is 7.73. The molecular weight excluding hydrogens is 556 g/mol. The summed E-state index contributed by atoms with van der Waals surface area (Å²) in [7, 11) is 0. The summed E-state index contributed by atoms with van der Waals surface area (Å²) >= 11 is 0.165. The zero-order valence-electron chi connectivity index (χ0n) is 16.2. The maximum atomic E-state index is 14.0. The third kappa shape index (κ3) is 3.94. The number of phenolic OH excluding ortho intramolecular Hbond substituents is 1. The highest BCUT2D eigenvalue weighted by Gasteiger charge is 2.29. The molecule has 1 unspecified atom stereocenters. The van der Waals surface area contributed by atoms with Crippen LogP contribution in [0, 0.1) is 34.9 Å². The second kappa shape index (κ2) is 8.80. The molecule has 0 saturated carbocycles. The number of fused-ring (bicyclic) bond motifs is 1. The highest BCUT2D eigenvalue weighted by molar-refractivity contribution is 9.10.